The minimum absolute atomic E-state index is 0.0553. The van der Waals surface area contributed by atoms with Crippen LogP contribution in [-0.2, 0) is 0 Å². The molecule has 1 aliphatic heterocycles. The molecule has 1 fully saturated rings. The Morgan fingerprint density at radius 3 is 2.14 bits per heavy atom. The predicted molar refractivity (Wildman–Crippen MR) is 54.0 cm³/mol. The zero-order chi connectivity index (χ0) is 10.6. The first-order chi connectivity index (χ1) is 6.58. The SMILES string of the molecule is N=C(N)NN1CCN(N=C(N)N)CC1. The van der Waals surface area contributed by atoms with E-state index in [1.807, 2.05) is 5.01 Å². The van der Waals surface area contributed by atoms with E-state index >= 15 is 0 Å². The predicted octanol–water partition coefficient (Wildman–Crippen LogP) is -2.81. The summed E-state index contributed by atoms with van der Waals surface area (Å²) in [5.41, 5.74) is 18.4. The van der Waals surface area contributed by atoms with Crippen molar-refractivity contribution in [1.82, 2.24) is 15.4 Å². The monoisotopic (exact) mass is 200 g/mol. The smallest absolute Gasteiger partial charge is 0.208 e. The van der Waals surface area contributed by atoms with Gasteiger partial charge in [0.25, 0.3) is 0 Å². The molecular weight excluding hydrogens is 184 g/mol. The van der Waals surface area contributed by atoms with Gasteiger partial charge in [-0.15, -0.1) is 5.10 Å². The van der Waals surface area contributed by atoms with E-state index in [1.165, 1.54) is 0 Å². The van der Waals surface area contributed by atoms with Crippen molar-refractivity contribution >= 4 is 11.9 Å². The average molecular weight is 200 g/mol. The van der Waals surface area contributed by atoms with Gasteiger partial charge in [0.15, 0.2) is 0 Å². The fourth-order valence-corrected chi connectivity index (χ4v) is 1.24. The summed E-state index contributed by atoms with van der Waals surface area (Å²) in [6.45, 7) is 2.85. The number of nitrogens with two attached hydrogens (primary N) is 3. The first kappa shape index (κ1) is 10.4. The molecule has 8 heteroatoms. The summed E-state index contributed by atoms with van der Waals surface area (Å²) in [4.78, 5) is 0. The van der Waals surface area contributed by atoms with Crippen molar-refractivity contribution in [2.75, 3.05) is 26.2 Å². The molecule has 0 aromatic heterocycles. The van der Waals surface area contributed by atoms with Crippen molar-refractivity contribution in [2.24, 2.45) is 22.3 Å². The number of hydrazone groups is 1. The number of piperazine rings is 1. The highest BCUT2D eigenvalue weighted by Crippen LogP contribution is 1.98. The highest BCUT2D eigenvalue weighted by Gasteiger charge is 2.15. The number of hydrazine groups is 1. The van der Waals surface area contributed by atoms with E-state index in [1.54, 1.807) is 5.01 Å². The highest BCUT2D eigenvalue weighted by molar-refractivity contribution is 5.75. The largest absolute Gasteiger partial charge is 0.369 e. The maximum Gasteiger partial charge on any atom is 0.208 e. The van der Waals surface area contributed by atoms with E-state index in [0.717, 1.165) is 13.1 Å². The highest BCUT2D eigenvalue weighted by atomic mass is 15.6. The molecule has 14 heavy (non-hydrogen) atoms. The Labute approximate surface area is 82.2 Å². The lowest BCUT2D eigenvalue weighted by Gasteiger charge is -2.32. The van der Waals surface area contributed by atoms with Crippen molar-refractivity contribution < 1.29 is 0 Å². The molecule has 1 saturated heterocycles. The van der Waals surface area contributed by atoms with Crippen LogP contribution in [0, 0.1) is 5.41 Å². The Bertz CT molecular complexity index is 224. The van der Waals surface area contributed by atoms with Crippen LogP contribution in [0.5, 0.6) is 0 Å². The first-order valence-electron chi connectivity index (χ1n) is 4.28. The Kier molecular flexibility index (Phi) is 3.35. The molecule has 80 valence electrons. The molecule has 0 aliphatic carbocycles. The van der Waals surface area contributed by atoms with Crippen molar-refractivity contribution in [3.63, 3.8) is 0 Å². The molecule has 0 aromatic rings. The second-order valence-electron chi connectivity index (χ2n) is 2.99. The van der Waals surface area contributed by atoms with Gasteiger partial charge in [0.05, 0.1) is 13.1 Å². The molecule has 0 aromatic carbocycles. The fourth-order valence-electron chi connectivity index (χ4n) is 1.24. The zero-order valence-corrected chi connectivity index (χ0v) is 7.90. The normalized spacial score (nSPS) is 17.6. The Morgan fingerprint density at radius 1 is 1.14 bits per heavy atom. The van der Waals surface area contributed by atoms with Crippen LogP contribution in [0.25, 0.3) is 0 Å². The van der Waals surface area contributed by atoms with Crippen LogP contribution in [0.2, 0.25) is 0 Å². The van der Waals surface area contributed by atoms with Gasteiger partial charge in [-0.25, -0.2) is 5.01 Å². The molecule has 0 unspecified atom stereocenters. The molecule has 0 atom stereocenters. The topological polar surface area (TPSA) is 133 Å². The van der Waals surface area contributed by atoms with Gasteiger partial charge < -0.3 is 17.2 Å². The molecular formula is C6H16N8. The van der Waals surface area contributed by atoms with Gasteiger partial charge in [0.1, 0.15) is 0 Å². The molecule has 0 radical (unpaired) electrons. The first-order valence-corrected chi connectivity index (χ1v) is 4.28. The third kappa shape index (κ3) is 3.35. The second-order valence-corrected chi connectivity index (χ2v) is 2.99. The van der Waals surface area contributed by atoms with Crippen molar-refractivity contribution in [2.45, 2.75) is 0 Å². The number of hydrogen-bond donors (Lipinski definition) is 5. The van der Waals surface area contributed by atoms with E-state index in [2.05, 4.69) is 10.5 Å². The number of hydrogen-bond acceptors (Lipinski definition) is 4. The lowest BCUT2D eigenvalue weighted by Crippen LogP contribution is -2.54. The van der Waals surface area contributed by atoms with Crippen LogP contribution in [-0.4, -0.2) is 48.1 Å². The maximum atomic E-state index is 7.04. The van der Waals surface area contributed by atoms with Crippen LogP contribution in [0.1, 0.15) is 0 Å². The quantitative estimate of drug-likeness (QED) is 0.241. The van der Waals surface area contributed by atoms with Crippen LogP contribution < -0.4 is 22.6 Å². The Hall–Kier alpha value is -1.70. The molecule has 8 N–H and O–H groups in total. The van der Waals surface area contributed by atoms with E-state index in [9.17, 15) is 0 Å². The maximum absolute atomic E-state index is 7.04. The van der Waals surface area contributed by atoms with Crippen LogP contribution in [0.3, 0.4) is 0 Å². The van der Waals surface area contributed by atoms with Gasteiger partial charge >= 0.3 is 0 Å². The molecule has 1 rings (SSSR count). The van der Waals surface area contributed by atoms with E-state index in [-0.39, 0.29) is 11.9 Å². The summed E-state index contributed by atoms with van der Waals surface area (Å²) in [6.07, 6.45) is 0. The van der Waals surface area contributed by atoms with Crippen LogP contribution in [0.4, 0.5) is 0 Å². The molecule has 0 spiro atoms. The lowest BCUT2D eigenvalue weighted by atomic mass is 10.4. The summed E-state index contributed by atoms with van der Waals surface area (Å²) in [5, 5.41) is 14.6. The summed E-state index contributed by atoms with van der Waals surface area (Å²) in [6, 6.07) is 0. The van der Waals surface area contributed by atoms with Crippen LogP contribution >= 0.6 is 0 Å². The van der Waals surface area contributed by atoms with E-state index in [4.69, 9.17) is 22.6 Å². The fraction of sp³-hybridized carbons (Fsp3) is 0.667. The summed E-state index contributed by atoms with van der Waals surface area (Å²) < 4.78 is 0. The summed E-state index contributed by atoms with van der Waals surface area (Å²) in [7, 11) is 0. The number of rotatable bonds is 2. The second kappa shape index (κ2) is 4.51. The lowest BCUT2D eigenvalue weighted by molar-refractivity contribution is 0.114. The van der Waals surface area contributed by atoms with Gasteiger partial charge in [-0.2, -0.15) is 0 Å². The minimum atomic E-state index is -0.0553. The standard InChI is InChI=1S/C6H16N8/c7-5(8)11-13-1-2-14(4-3-13)12-6(9)10/h1-4H2,(H4,7,8,11)(H4,9,10,12). The molecule has 0 amide bonds. The van der Waals surface area contributed by atoms with Gasteiger partial charge in [-0.3, -0.25) is 15.8 Å². The van der Waals surface area contributed by atoms with Crippen molar-refractivity contribution in [1.29, 1.82) is 5.41 Å². The van der Waals surface area contributed by atoms with Crippen molar-refractivity contribution in [3.05, 3.63) is 0 Å². The average Bonchev–Trinajstić information content (AvgIpc) is 2.06. The van der Waals surface area contributed by atoms with Crippen LogP contribution in [0.15, 0.2) is 5.10 Å². The van der Waals surface area contributed by atoms with Gasteiger partial charge in [-0.05, 0) is 0 Å². The molecule has 0 saturated carbocycles. The summed E-state index contributed by atoms with van der Waals surface area (Å²) >= 11 is 0. The molecule has 0 bridgehead atoms. The third-order valence-corrected chi connectivity index (χ3v) is 1.79. The van der Waals surface area contributed by atoms with Gasteiger partial charge in [0.2, 0.25) is 11.9 Å². The van der Waals surface area contributed by atoms with Gasteiger partial charge in [-0.1, -0.05) is 0 Å². The summed E-state index contributed by atoms with van der Waals surface area (Å²) in [5.74, 6) is 0.0123. The molecule has 8 nitrogen and oxygen atoms in total. The number of nitrogens with zero attached hydrogens (tertiary/aromatic N) is 3. The van der Waals surface area contributed by atoms with Crippen molar-refractivity contribution in [3.8, 4) is 0 Å². The van der Waals surface area contributed by atoms with E-state index in [0.29, 0.717) is 13.1 Å². The minimum Gasteiger partial charge on any atom is -0.369 e. The zero-order valence-electron chi connectivity index (χ0n) is 7.90. The van der Waals surface area contributed by atoms with E-state index < -0.39 is 0 Å². The Balaban J connectivity index is 2.31. The molecule has 1 heterocycles. The number of guanidine groups is 2. The number of nitrogens with one attached hydrogen (secondary N) is 2. The Morgan fingerprint density at radius 2 is 1.71 bits per heavy atom. The third-order valence-electron chi connectivity index (χ3n) is 1.79. The van der Waals surface area contributed by atoms with Gasteiger partial charge in [0, 0.05) is 13.1 Å². The molecule has 1 aliphatic rings.